The third-order valence-electron chi connectivity index (χ3n) is 10.4. The molecule has 1 fully saturated rings. The molecule has 48 heavy (non-hydrogen) atoms. The van der Waals surface area contributed by atoms with E-state index in [0.717, 1.165) is 30.8 Å². The average Bonchev–Trinajstić information content (AvgIpc) is 3.56. The second-order valence-electron chi connectivity index (χ2n) is 13.8. The van der Waals surface area contributed by atoms with Gasteiger partial charge >= 0.3 is 0 Å². The van der Waals surface area contributed by atoms with Gasteiger partial charge in [0.1, 0.15) is 0 Å². The van der Waals surface area contributed by atoms with E-state index in [1.807, 2.05) is 44.2 Å². The summed E-state index contributed by atoms with van der Waals surface area (Å²) in [4.78, 5) is 2.37. The number of aromatic hydroxyl groups is 1. The maximum absolute atomic E-state index is 12.0. The summed E-state index contributed by atoms with van der Waals surface area (Å²) in [6.07, 6.45) is 1.88. The summed E-state index contributed by atoms with van der Waals surface area (Å²) in [5.41, 5.74) is 8.72. The number of hydrogen-bond donors (Lipinski definition) is 3. The van der Waals surface area contributed by atoms with Crippen LogP contribution in [-0.2, 0) is 18.3 Å². The summed E-state index contributed by atoms with van der Waals surface area (Å²) < 4.78 is 1.52. The van der Waals surface area contributed by atoms with Crippen LogP contribution in [0, 0.1) is 12.8 Å². The molecule has 6 nitrogen and oxygen atoms in total. The number of fused-ring (bicyclic) bond motifs is 1. The van der Waals surface area contributed by atoms with Gasteiger partial charge in [0.2, 0.25) is 5.88 Å². The fraction of sp³-hybridized carbons (Fsp3) is 0.310. The molecular weight excluding hydrogens is 594 g/mol. The van der Waals surface area contributed by atoms with Crippen molar-refractivity contribution >= 4 is 5.69 Å². The van der Waals surface area contributed by atoms with Gasteiger partial charge in [0.15, 0.2) is 0 Å². The van der Waals surface area contributed by atoms with Crippen molar-refractivity contribution in [2.24, 2.45) is 5.92 Å². The lowest BCUT2D eigenvalue weighted by molar-refractivity contribution is -0.0956. The maximum atomic E-state index is 12.0. The minimum atomic E-state index is -0.903. The summed E-state index contributed by atoms with van der Waals surface area (Å²) >= 11 is 0. The molecule has 1 saturated carbocycles. The van der Waals surface area contributed by atoms with Gasteiger partial charge in [-0.15, -0.1) is 0 Å². The van der Waals surface area contributed by atoms with Crippen LogP contribution in [0.15, 0.2) is 121 Å². The van der Waals surface area contributed by atoms with E-state index in [0.29, 0.717) is 11.3 Å². The number of likely N-dealkylation sites (N-methyl/N-ethyl adjacent to an activating group) is 1. The molecule has 0 spiro atoms. The van der Waals surface area contributed by atoms with Crippen LogP contribution in [0.1, 0.15) is 66.1 Å². The number of anilines is 1. The van der Waals surface area contributed by atoms with Crippen molar-refractivity contribution < 1.29 is 15.3 Å². The second kappa shape index (κ2) is 12.8. The minimum Gasteiger partial charge on any atom is -0.493 e. The number of aromatic nitrogens is 2. The monoisotopic (exact) mass is 639 g/mol. The quantitative estimate of drug-likeness (QED) is 0.155. The summed E-state index contributed by atoms with van der Waals surface area (Å²) in [5, 5.41) is 40.2. The Morgan fingerprint density at radius 3 is 1.92 bits per heavy atom. The molecule has 0 bridgehead atoms. The molecule has 2 aliphatic rings. The summed E-state index contributed by atoms with van der Waals surface area (Å²) in [6.45, 7) is 9.11. The molecule has 2 unspecified atom stereocenters. The fourth-order valence-electron chi connectivity index (χ4n) is 8.10. The van der Waals surface area contributed by atoms with Crippen molar-refractivity contribution in [1.82, 2.24) is 9.78 Å². The molecule has 1 aromatic heterocycles. The van der Waals surface area contributed by atoms with Crippen LogP contribution in [0.25, 0.3) is 5.69 Å². The van der Waals surface area contributed by atoms with Crippen molar-refractivity contribution in [3.05, 3.63) is 154 Å². The van der Waals surface area contributed by atoms with Crippen molar-refractivity contribution in [3.8, 4) is 11.6 Å². The SMILES string of the molecule is CCN1C(=CC2C(O)C(c3c(C(C)C)nn(-c4ccccc4)c3O)C2O)C(Cc2ccccc2)(Cc2ccccc2)c2cc(C)ccc21. The molecule has 1 aliphatic heterocycles. The highest BCUT2D eigenvalue weighted by molar-refractivity contribution is 5.73. The zero-order chi connectivity index (χ0) is 33.6. The van der Waals surface area contributed by atoms with E-state index in [1.165, 1.54) is 32.6 Å². The molecule has 246 valence electrons. The van der Waals surface area contributed by atoms with Crippen LogP contribution in [0.2, 0.25) is 0 Å². The Labute approximate surface area is 283 Å². The van der Waals surface area contributed by atoms with Crippen LogP contribution >= 0.6 is 0 Å². The predicted octanol–water partition coefficient (Wildman–Crippen LogP) is 7.59. The molecule has 4 aromatic carbocycles. The molecule has 0 saturated heterocycles. The zero-order valence-electron chi connectivity index (χ0n) is 28.2. The topological polar surface area (TPSA) is 81.8 Å². The van der Waals surface area contributed by atoms with E-state index in [-0.39, 0.29) is 11.8 Å². The number of aryl methyl sites for hydroxylation is 1. The first kappa shape index (κ1) is 31.9. The first-order chi connectivity index (χ1) is 23.2. The van der Waals surface area contributed by atoms with E-state index in [2.05, 4.69) is 104 Å². The molecule has 0 radical (unpaired) electrons. The van der Waals surface area contributed by atoms with Gasteiger partial charge in [0, 0.05) is 40.7 Å². The number of para-hydroxylation sites is 1. The summed E-state index contributed by atoms with van der Waals surface area (Å²) in [7, 11) is 0. The number of nitrogens with zero attached hydrogens (tertiary/aromatic N) is 3. The molecule has 2 heterocycles. The van der Waals surface area contributed by atoms with Gasteiger partial charge in [0.25, 0.3) is 0 Å². The van der Waals surface area contributed by atoms with Gasteiger partial charge in [-0.3, -0.25) is 0 Å². The summed E-state index contributed by atoms with van der Waals surface area (Å²) in [6, 6.07) is 37.5. The number of hydrogen-bond acceptors (Lipinski definition) is 5. The largest absolute Gasteiger partial charge is 0.493 e. The van der Waals surface area contributed by atoms with Crippen molar-refractivity contribution in [2.75, 3.05) is 11.4 Å². The Bertz CT molecular complexity index is 1860. The normalized spacial score (nSPS) is 22.2. The Kier molecular flexibility index (Phi) is 8.48. The Morgan fingerprint density at radius 1 is 0.812 bits per heavy atom. The van der Waals surface area contributed by atoms with E-state index in [1.54, 1.807) is 0 Å². The highest BCUT2D eigenvalue weighted by atomic mass is 16.3. The molecule has 3 N–H and O–H groups in total. The highest BCUT2D eigenvalue weighted by Crippen LogP contribution is 2.55. The third kappa shape index (κ3) is 5.33. The Balaban J connectivity index is 1.35. The minimum absolute atomic E-state index is 0.0137. The highest BCUT2D eigenvalue weighted by Gasteiger charge is 2.54. The predicted molar refractivity (Wildman–Crippen MR) is 192 cm³/mol. The number of allylic oxidation sites excluding steroid dienone is 1. The lowest BCUT2D eigenvalue weighted by Gasteiger charge is -2.46. The number of aliphatic hydroxyl groups is 2. The van der Waals surface area contributed by atoms with Gasteiger partial charge in [-0.25, -0.2) is 4.68 Å². The van der Waals surface area contributed by atoms with Gasteiger partial charge in [-0.05, 0) is 67.5 Å². The van der Waals surface area contributed by atoms with Crippen LogP contribution in [-0.4, -0.2) is 43.9 Å². The molecule has 7 rings (SSSR count). The third-order valence-corrected chi connectivity index (χ3v) is 10.4. The van der Waals surface area contributed by atoms with Gasteiger partial charge in [-0.2, -0.15) is 5.10 Å². The molecule has 2 atom stereocenters. The molecule has 5 aromatic rings. The standard InChI is InChI=1S/C42H45N3O3/c1-5-44-34-22-21-28(4)23-33(34)42(25-29-15-9-6-10-16-29,26-30-17-11-7-12-18-30)35(44)24-32-39(46)37(40(32)47)36-38(27(2)3)43-45(41(36)48)31-19-13-8-14-20-31/h6-24,27,32,37,39-40,46-48H,5,25-26H2,1-4H3. The smallest absolute Gasteiger partial charge is 0.218 e. The van der Waals surface area contributed by atoms with Crippen LogP contribution < -0.4 is 4.90 Å². The number of rotatable bonds is 9. The van der Waals surface area contributed by atoms with Gasteiger partial charge in [0.05, 0.1) is 23.6 Å². The van der Waals surface area contributed by atoms with E-state index in [9.17, 15) is 15.3 Å². The fourth-order valence-corrected chi connectivity index (χ4v) is 8.10. The van der Waals surface area contributed by atoms with Crippen molar-refractivity contribution in [3.63, 3.8) is 0 Å². The number of benzene rings is 4. The van der Waals surface area contributed by atoms with Crippen molar-refractivity contribution in [1.29, 1.82) is 0 Å². The van der Waals surface area contributed by atoms with Crippen molar-refractivity contribution in [2.45, 2.75) is 70.0 Å². The second-order valence-corrected chi connectivity index (χ2v) is 13.8. The molecular formula is C42H45N3O3. The first-order valence-electron chi connectivity index (χ1n) is 17.2. The Morgan fingerprint density at radius 2 is 1.38 bits per heavy atom. The van der Waals surface area contributed by atoms with E-state index in [4.69, 9.17) is 5.10 Å². The van der Waals surface area contributed by atoms with E-state index < -0.39 is 29.5 Å². The molecule has 0 amide bonds. The maximum Gasteiger partial charge on any atom is 0.218 e. The molecule has 6 heteroatoms. The first-order valence-corrected chi connectivity index (χ1v) is 17.2. The van der Waals surface area contributed by atoms with Crippen LogP contribution in [0.3, 0.4) is 0 Å². The average molecular weight is 640 g/mol. The summed E-state index contributed by atoms with van der Waals surface area (Å²) in [5.74, 6) is -1.24. The number of aliphatic hydroxyl groups excluding tert-OH is 2. The zero-order valence-corrected chi connectivity index (χ0v) is 28.2. The van der Waals surface area contributed by atoms with E-state index >= 15 is 0 Å². The molecule has 1 aliphatic carbocycles. The Hall–Kier alpha value is -4.65. The van der Waals surface area contributed by atoms with Crippen LogP contribution in [0.4, 0.5) is 5.69 Å². The van der Waals surface area contributed by atoms with Gasteiger partial charge < -0.3 is 20.2 Å². The van der Waals surface area contributed by atoms with Crippen LogP contribution in [0.5, 0.6) is 5.88 Å². The lowest BCUT2D eigenvalue weighted by atomic mass is 9.63. The van der Waals surface area contributed by atoms with Gasteiger partial charge in [-0.1, -0.05) is 116 Å². The lowest BCUT2D eigenvalue weighted by Crippen LogP contribution is -2.53.